The molecule has 1 aromatic carbocycles. The molecule has 0 saturated carbocycles. The first-order valence-corrected chi connectivity index (χ1v) is 8.95. The number of nitrogens with zero attached hydrogens (tertiary/aromatic N) is 3. The number of hydrogen-bond acceptors (Lipinski definition) is 4. The summed E-state index contributed by atoms with van der Waals surface area (Å²) in [7, 11) is 2.03. The lowest BCUT2D eigenvalue weighted by Gasteiger charge is -2.43. The van der Waals surface area contributed by atoms with Gasteiger partial charge in [0.2, 0.25) is 5.91 Å². The van der Waals surface area contributed by atoms with Crippen molar-refractivity contribution >= 4 is 11.6 Å². The van der Waals surface area contributed by atoms with Crippen LogP contribution in [0.25, 0.3) is 0 Å². The predicted octanol–water partition coefficient (Wildman–Crippen LogP) is 1.89. The summed E-state index contributed by atoms with van der Waals surface area (Å²) in [6.07, 6.45) is 6.28. The third-order valence-electron chi connectivity index (χ3n) is 5.49. The lowest BCUT2D eigenvalue weighted by Crippen LogP contribution is -2.52. The Hall–Kier alpha value is -2.34. The van der Waals surface area contributed by atoms with E-state index in [0.29, 0.717) is 13.0 Å². The smallest absolute Gasteiger partial charge is 0.222 e. The average Bonchev–Trinajstić information content (AvgIpc) is 3.00. The number of piperidine rings is 1. The number of rotatable bonds is 2. The van der Waals surface area contributed by atoms with Gasteiger partial charge >= 0.3 is 0 Å². The van der Waals surface area contributed by atoms with Crippen LogP contribution in [0.5, 0.6) is 0 Å². The van der Waals surface area contributed by atoms with E-state index in [0.717, 1.165) is 49.6 Å². The van der Waals surface area contributed by atoms with E-state index >= 15 is 0 Å². The van der Waals surface area contributed by atoms with Gasteiger partial charge in [0.15, 0.2) is 0 Å². The number of hydrogen-bond donors (Lipinski definition) is 2. The van der Waals surface area contributed by atoms with Crippen molar-refractivity contribution in [1.82, 2.24) is 19.8 Å². The van der Waals surface area contributed by atoms with Crippen molar-refractivity contribution in [2.75, 3.05) is 18.4 Å². The summed E-state index contributed by atoms with van der Waals surface area (Å²) >= 11 is 0. The molecule has 6 heteroatoms. The van der Waals surface area contributed by atoms with Gasteiger partial charge in [0.25, 0.3) is 0 Å². The fourth-order valence-electron chi connectivity index (χ4n) is 3.88. The number of aryl methyl sites for hydroxylation is 1. The summed E-state index contributed by atoms with van der Waals surface area (Å²) in [6.45, 7) is 3.40. The quantitative estimate of drug-likeness (QED) is 0.877. The highest BCUT2D eigenvalue weighted by Gasteiger charge is 2.38. The number of amides is 1. The first-order valence-electron chi connectivity index (χ1n) is 8.95. The van der Waals surface area contributed by atoms with Crippen LogP contribution in [0.2, 0.25) is 0 Å². The van der Waals surface area contributed by atoms with E-state index < -0.39 is 0 Å². The van der Waals surface area contributed by atoms with Crippen molar-refractivity contribution in [3.8, 4) is 0 Å². The van der Waals surface area contributed by atoms with E-state index in [1.165, 1.54) is 0 Å². The van der Waals surface area contributed by atoms with Crippen molar-refractivity contribution in [3.63, 3.8) is 0 Å². The number of aromatic nitrogens is 2. The van der Waals surface area contributed by atoms with E-state index in [1.54, 1.807) is 0 Å². The van der Waals surface area contributed by atoms with Crippen molar-refractivity contribution in [2.45, 2.75) is 37.9 Å². The average molecular weight is 339 g/mol. The molecule has 1 aromatic heterocycles. The summed E-state index contributed by atoms with van der Waals surface area (Å²) in [5.41, 5.74) is 2.16. The molecule has 2 aromatic rings. The number of fused-ring (bicyclic) bond motifs is 1. The van der Waals surface area contributed by atoms with Crippen LogP contribution in [0.15, 0.2) is 36.7 Å². The molecule has 25 heavy (non-hydrogen) atoms. The van der Waals surface area contributed by atoms with Crippen molar-refractivity contribution in [3.05, 3.63) is 48.0 Å². The SMILES string of the molecule is Cn1ccnc1CN1CCC2(CC1)CC(=O)NCc1ccccc1N2. The van der Waals surface area contributed by atoms with Gasteiger partial charge in [-0.1, -0.05) is 18.2 Å². The Kier molecular flexibility index (Phi) is 4.21. The highest BCUT2D eigenvalue weighted by Crippen LogP contribution is 2.33. The van der Waals surface area contributed by atoms with Gasteiger partial charge in [-0.2, -0.15) is 0 Å². The van der Waals surface area contributed by atoms with Crippen LogP contribution in [-0.4, -0.2) is 39.0 Å². The van der Waals surface area contributed by atoms with E-state index in [-0.39, 0.29) is 11.4 Å². The van der Waals surface area contributed by atoms with Crippen LogP contribution >= 0.6 is 0 Å². The number of anilines is 1. The molecule has 132 valence electrons. The molecule has 1 saturated heterocycles. The molecule has 6 nitrogen and oxygen atoms in total. The monoisotopic (exact) mass is 339 g/mol. The van der Waals surface area contributed by atoms with Gasteiger partial charge in [-0.05, 0) is 24.5 Å². The maximum absolute atomic E-state index is 12.3. The second-order valence-corrected chi connectivity index (χ2v) is 7.25. The number of likely N-dealkylation sites (tertiary alicyclic amines) is 1. The Morgan fingerprint density at radius 3 is 2.80 bits per heavy atom. The second kappa shape index (κ2) is 6.52. The summed E-state index contributed by atoms with van der Waals surface area (Å²) in [6, 6.07) is 8.28. The van der Waals surface area contributed by atoms with E-state index in [1.807, 2.05) is 25.5 Å². The Balaban J connectivity index is 1.49. The van der Waals surface area contributed by atoms with E-state index in [9.17, 15) is 4.79 Å². The molecular weight excluding hydrogens is 314 g/mol. The van der Waals surface area contributed by atoms with Gasteiger partial charge in [0, 0.05) is 56.7 Å². The minimum atomic E-state index is -0.154. The first-order chi connectivity index (χ1) is 12.1. The van der Waals surface area contributed by atoms with Crippen molar-refractivity contribution in [1.29, 1.82) is 0 Å². The lowest BCUT2D eigenvalue weighted by atomic mass is 9.82. The number of carbonyl (C=O) groups is 1. The molecule has 2 aliphatic heterocycles. The minimum Gasteiger partial charge on any atom is -0.379 e. The lowest BCUT2D eigenvalue weighted by molar-refractivity contribution is -0.122. The molecule has 0 unspecified atom stereocenters. The van der Waals surface area contributed by atoms with Crippen LogP contribution < -0.4 is 10.6 Å². The maximum atomic E-state index is 12.3. The third kappa shape index (κ3) is 3.39. The van der Waals surface area contributed by atoms with Gasteiger partial charge in [-0.25, -0.2) is 4.98 Å². The molecule has 2 N–H and O–H groups in total. The predicted molar refractivity (Wildman–Crippen MR) is 97.0 cm³/mol. The maximum Gasteiger partial charge on any atom is 0.222 e. The van der Waals surface area contributed by atoms with Crippen LogP contribution in [0.1, 0.15) is 30.7 Å². The zero-order valence-corrected chi connectivity index (χ0v) is 14.7. The second-order valence-electron chi connectivity index (χ2n) is 7.25. The van der Waals surface area contributed by atoms with Crippen LogP contribution in [0, 0.1) is 0 Å². The van der Waals surface area contributed by atoms with Gasteiger partial charge in [0.05, 0.1) is 6.54 Å². The number of carbonyl (C=O) groups excluding carboxylic acids is 1. The standard InChI is InChI=1S/C19H25N5O/c1-23-11-8-20-17(23)14-24-9-6-19(7-10-24)12-18(25)21-13-15-4-2-3-5-16(15)22-19/h2-5,8,11,22H,6-7,9-10,12-14H2,1H3,(H,21,25). The Bertz CT molecular complexity index is 761. The number of para-hydroxylation sites is 1. The zero-order valence-electron chi connectivity index (χ0n) is 14.7. The van der Waals surface area contributed by atoms with Gasteiger partial charge in [-0.15, -0.1) is 0 Å². The summed E-state index contributed by atoms with van der Waals surface area (Å²) in [5, 5.41) is 6.79. The zero-order chi connectivity index (χ0) is 17.3. The molecule has 3 heterocycles. The van der Waals surface area contributed by atoms with Gasteiger partial charge in [0.1, 0.15) is 5.82 Å². The molecular formula is C19H25N5O. The van der Waals surface area contributed by atoms with Gasteiger partial charge < -0.3 is 15.2 Å². The largest absolute Gasteiger partial charge is 0.379 e. The fraction of sp³-hybridized carbons (Fsp3) is 0.474. The van der Waals surface area contributed by atoms with Crippen molar-refractivity contribution < 1.29 is 4.79 Å². The minimum absolute atomic E-state index is 0.138. The Labute approximate surface area is 148 Å². The van der Waals surface area contributed by atoms with Crippen molar-refractivity contribution in [2.24, 2.45) is 7.05 Å². The highest BCUT2D eigenvalue weighted by atomic mass is 16.1. The molecule has 1 spiro atoms. The van der Waals surface area contributed by atoms with Crippen LogP contribution in [-0.2, 0) is 24.9 Å². The normalized spacial score (nSPS) is 20.3. The third-order valence-corrected chi connectivity index (χ3v) is 5.49. The molecule has 4 rings (SSSR count). The Morgan fingerprint density at radius 1 is 1.24 bits per heavy atom. The molecule has 1 fully saturated rings. The number of nitrogens with one attached hydrogen (secondary N) is 2. The summed E-state index contributed by atoms with van der Waals surface area (Å²) < 4.78 is 2.07. The topological polar surface area (TPSA) is 62.2 Å². The fourth-order valence-corrected chi connectivity index (χ4v) is 3.88. The number of benzene rings is 1. The summed E-state index contributed by atoms with van der Waals surface area (Å²) in [4.78, 5) is 19.2. The van der Waals surface area contributed by atoms with Crippen LogP contribution in [0.4, 0.5) is 5.69 Å². The van der Waals surface area contributed by atoms with E-state index in [2.05, 4.69) is 43.3 Å². The van der Waals surface area contributed by atoms with Crippen LogP contribution in [0.3, 0.4) is 0 Å². The molecule has 0 atom stereocenters. The van der Waals surface area contributed by atoms with Gasteiger partial charge in [-0.3, -0.25) is 9.69 Å². The molecule has 0 bridgehead atoms. The molecule has 0 radical (unpaired) electrons. The first kappa shape index (κ1) is 16.1. The molecule has 2 aliphatic rings. The molecule has 1 amide bonds. The Morgan fingerprint density at radius 2 is 2.04 bits per heavy atom. The summed E-state index contributed by atoms with van der Waals surface area (Å²) in [5.74, 6) is 1.23. The molecule has 0 aliphatic carbocycles. The van der Waals surface area contributed by atoms with E-state index in [4.69, 9.17) is 0 Å². The number of imidazole rings is 1. The highest BCUT2D eigenvalue weighted by molar-refractivity contribution is 5.79.